The molecule has 0 bridgehead atoms. The van der Waals surface area contributed by atoms with Crippen LogP contribution in [0, 0.1) is 11.8 Å². The second-order valence-corrected chi connectivity index (χ2v) is 4.42. The molecule has 98 valence electrons. The minimum absolute atomic E-state index is 0.329. The summed E-state index contributed by atoms with van der Waals surface area (Å²) in [4.78, 5) is 0. The van der Waals surface area contributed by atoms with E-state index in [1.165, 1.54) is 0 Å². The fourth-order valence-electron chi connectivity index (χ4n) is 1.66. The molecule has 0 aliphatic carbocycles. The number of rotatable bonds is 7. The minimum atomic E-state index is 0.329. The molecule has 1 rings (SSSR count). The largest absolute Gasteiger partial charge is 0.492 e. The first kappa shape index (κ1) is 14.9. The van der Waals surface area contributed by atoms with Crippen molar-refractivity contribution < 1.29 is 4.74 Å². The molecule has 1 aromatic rings. The maximum Gasteiger partial charge on any atom is 0.120 e. The summed E-state index contributed by atoms with van der Waals surface area (Å²) in [5.41, 5.74) is 0. The predicted molar refractivity (Wildman–Crippen MR) is 77.1 cm³/mol. The van der Waals surface area contributed by atoms with Crippen LogP contribution in [0.25, 0.3) is 0 Å². The van der Waals surface area contributed by atoms with Crippen LogP contribution in [0.4, 0.5) is 0 Å². The van der Waals surface area contributed by atoms with Gasteiger partial charge in [0.15, 0.2) is 0 Å². The van der Waals surface area contributed by atoms with Crippen molar-refractivity contribution in [3.8, 4) is 17.6 Å². The summed E-state index contributed by atoms with van der Waals surface area (Å²) in [6.07, 6.45) is 1.89. The van der Waals surface area contributed by atoms with Crippen molar-refractivity contribution in [3.05, 3.63) is 29.3 Å². The van der Waals surface area contributed by atoms with E-state index in [0.29, 0.717) is 17.7 Å². The number of nitrogens with one attached hydrogen (secondary N) is 1. The molecule has 0 aliphatic rings. The molecule has 0 radical (unpaired) electrons. The summed E-state index contributed by atoms with van der Waals surface area (Å²) in [6.45, 7) is 5.53. The molecule has 1 aromatic carbocycles. The maximum absolute atomic E-state index is 5.91. The molecule has 0 heterocycles. The lowest BCUT2D eigenvalue weighted by atomic mass is 10.1. The smallest absolute Gasteiger partial charge is 0.120 e. The Morgan fingerprint density at radius 3 is 2.94 bits per heavy atom. The van der Waals surface area contributed by atoms with Gasteiger partial charge in [0.2, 0.25) is 0 Å². The van der Waals surface area contributed by atoms with Crippen LogP contribution in [-0.4, -0.2) is 19.2 Å². The zero-order valence-electron chi connectivity index (χ0n) is 11.0. The van der Waals surface area contributed by atoms with Crippen LogP contribution >= 0.6 is 11.6 Å². The fourth-order valence-corrected chi connectivity index (χ4v) is 1.84. The molecule has 0 amide bonds. The van der Waals surface area contributed by atoms with E-state index in [4.69, 9.17) is 16.3 Å². The monoisotopic (exact) mass is 265 g/mol. The van der Waals surface area contributed by atoms with Gasteiger partial charge in [0.1, 0.15) is 12.4 Å². The molecule has 0 saturated heterocycles. The van der Waals surface area contributed by atoms with Crippen molar-refractivity contribution in [2.24, 2.45) is 0 Å². The summed E-state index contributed by atoms with van der Waals surface area (Å²) >= 11 is 5.91. The van der Waals surface area contributed by atoms with Gasteiger partial charge in [0.05, 0.1) is 0 Å². The van der Waals surface area contributed by atoms with Gasteiger partial charge in [-0.05, 0) is 38.1 Å². The average Bonchev–Trinajstić information content (AvgIpc) is 2.36. The zero-order valence-corrected chi connectivity index (χ0v) is 11.8. The third kappa shape index (κ3) is 5.95. The molecule has 3 heteroatoms. The highest BCUT2D eigenvalue weighted by molar-refractivity contribution is 6.30. The van der Waals surface area contributed by atoms with Gasteiger partial charge in [-0.15, -0.1) is 11.8 Å². The number of halogens is 1. The van der Waals surface area contributed by atoms with E-state index in [-0.39, 0.29) is 0 Å². The summed E-state index contributed by atoms with van der Waals surface area (Å²) < 4.78 is 5.74. The Morgan fingerprint density at radius 2 is 2.28 bits per heavy atom. The average molecular weight is 266 g/mol. The Hall–Kier alpha value is -1.17. The van der Waals surface area contributed by atoms with Crippen LogP contribution in [0.1, 0.15) is 26.7 Å². The van der Waals surface area contributed by atoms with Gasteiger partial charge in [-0.2, -0.15) is 0 Å². The van der Waals surface area contributed by atoms with Gasteiger partial charge in [-0.3, -0.25) is 0 Å². The molecule has 0 fully saturated rings. The van der Waals surface area contributed by atoms with Crippen molar-refractivity contribution >= 4 is 11.6 Å². The van der Waals surface area contributed by atoms with Gasteiger partial charge in [0.25, 0.3) is 0 Å². The fraction of sp³-hybridized carbons (Fsp3) is 0.467. The summed E-state index contributed by atoms with van der Waals surface area (Å²) in [6, 6.07) is 7.81. The highest BCUT2D eigenvalue weighted by Crippen LogP contribution is 2.17. The van der Waals surface area contributed by atoms with Crippen LogP contribution in [-0.2, 0) is 0 Å². The quantitative estimate of drug-likeness (QED) is 0.762. The Morgan fingerprint density at radius 1 is 1.44 bits per heavy atom. The van der Waals surface area contributed by atoms with E-state index in [9.17, 15) is 0 Å². The van der Waals surface area contributed by atoms with Crippen LogP contribution in [0.5, 0.6) is 5.75 Å². The topological polar surface area (TPSA) is 21.3 Å². The molecule has 1 unspecified atom stereocenters. The van der Waals surface area contributed by atoms with Gasteiger partial charge in [0, 0.05) is 17.5 Å². The normalized spacial score (nSPS) is 11.5. The first-order valence-corrected chi connectivity index (χ1v) is 6.65. The Labute approximate surface area is 115 Å². The van der Waals surface area contributed by atoms with Crippen molar-refractivity contribution in [3.63, 3.8) is 0 Å². The Kier molecular flexibility index (Phi) is 7.32. The second-order valence-electron chi connectivity index (χ2n) is 3.99. The first-order chi connectivity index (χ1) is 8.76. The Bertz CT molecular complexity index is 408. The maximum atomic E-state index is 5.91. The summed E-state index contributed by atoms with van der Waals surface area (Å²) in [7, 11) is 0. The van der Waals surface area contributed by atoms with Gasteiger partial charge in [-0.1, -0.05) is 24.6 Å². The van der Waals surface area contributed by atoms with Crippen LogP contribution in [0.15, 0.2) is 24.3 Å². The van der Waals surface area contributed by atoms with Crippen molar-refractivity contribution in [1.82, 2.24) is 5.32 Å². The molecule has 1 N–H and O–H groups in total. The third-order valence-electron chi connectivity index (χ3n) is 2.53. The van der Waals surface area contributed by atoms with Gasteiger partial charge >= 0.3 is 0 Å². The summed E-state index contributed by atoms with van der Waals surface area (Å²) in [5, 5.41) is 4.10. The van der Waals surface area contributed by atoms with Crippen LogP contribution < -0.4 is 10.1 Å². The third-order valence-corrected chi connectivity index (χ3v) is 2.77. The molecule has 0 saturated carbocycles. The standard InChI is InChI=1S/C15H20ClNO/c1-3-5-6-9-14(17-4-2)12-18-15-10-7-8-13(16)11-15/h7-8,10-11,14,17H,4,6,9,12H2,1-2H3. The highest BCUT2D eigenvalue weighted by Gasteiger charge is 2.07. The van der Waals surface area contributed by atoms with E-state index in [1.807, 2.05) is 31.2 Å². The van der Waals surface area contributed by atoms with Crippen molar-refractivity contribution in [1.29, 1.82) is 0 Å². The van der Waals surface area contributed by atoms with Crippen molar-refractivity contribution in [2.45, 2.75) is 32.7 Å². The van der Waals surface area contributed by atoms with E-state index >= 15 is 0 Å². The molecular weight excluding hydrogens is 246 g/mol. The highest BCUT2D eigenvalue weighted by atomic mass is 35.5. The zero-order chi connectivity index (χ0) is 13.2. The number of hydrogen-bond donors (Lipinski definition) is 1. The molecular formula is C15H20ClNO. The van der Waals surface area contributed by atoms with Crippen LogP contribution in [0.3, 0.4) is 0 Å². The molecule has 18 heavy (non-hydrogen) atoms. The van der Waals surface area contributed by atoms with E-state index in [1.54, 1.807) is 0 Å². The number of hydrogen-bond acceptors (Lipinski definition) is 2. The first-order valence-electron chi connectivity index (χ1n) is 6.27. The molecule has 1 atom stereocenters. The summed E-state index contributed by atoms with van der Waals surface area (Å²) in [5.74, 6) is 6.80. The molecule has 0 aliphatic heterocycles. The van der Waals surface area contributed by atoms with Gasteiger partial charge < -0.3 is 10.1 Å². The van der Waals surface area contributed by atoms with E-state index in [2.05, 4.69) is 24.1 Å². The number of ether oxygens (including phenoxy) is 1. The molecule has 0 spiro atoms. The predicted octanol–water partition coefficient (Wildman–Crippen LogP) is 3.50. The van der Waals surface area contributed by atoms with E-state index in [0.717, 1.165) is 25.1 Å². The lowest BCUT2D eigenvalue weighted by Crippen LogP contribution is -2.34. The second kappa shape index (κ2) is 8.85. The molecule has 2 nitrogen and oxygen atoms in total. The Balaban J connectivity index is 2.42. The van der Waals surface area contributed by atoms with Crippen molar-refractivity contribution in [2.75, 3.05) is 13.2 Å². The van der Waals surface area contributed by atoms with Gasteiger partial charge in [-0.25, -0.2) is 0 Å². The number of likely N-dealkylation sites (N-methyl/N-ethyl adjacent to an activating group) is 1. The minimum Gasteiger partial charge on any atom is -0.492 e. The van der Waals surface area contributed by atoms with Crippen LogP contribution in [0.2, 0.25) is 5.02 Å². The van der Waals surface area contributed by atoms with E-state index < -0.39 is 0 Å². The SMILES string of the molecule is CC#CCCC(COc1cccc(Cl)c1)NCC. The number of benzene rings is 1. The lowest BCUT2D eigenvalue weighted by molar-refractivity contribution is 0.259. The lowest BCUT2D eigenvalue weighted by Gasteiger charge is -2.17. The molecule has 0 aromatic heterocycles.